The van der Waals surface area contributed by atoms with Crippen molar-refractivity contribution in [3.8, 4) is 22.6 Å². The molecule has 5 rings (SSSR count). The van der Waals surface area contributed by atoms with Crippen molar-refractivity contribution in [1.82, 2.24) is 25.5 Å². The number of carbonyl (C=O) groups excluding carboxylic acids is 1. The number of carbonyl (C=O) groups is 1. The molecule has 4 aromatic rings. The van der Waals surface area contributed by atoms with Crippen molar-refractivity contribution >= 4 is 17.8 Å². The van der Waals surface area contributed by atoms with Gasteiger partial charge in [-0.05, 0) is 73.5 Å². The number of amides is 1. The molecule has 0 radical (unpaired) electrons. The minimum Gasteiger partial charge on any atom is -0.415 e. The predicted molar refractivity (Wildman–Crippen MR) is 139 cm³/mol. The zero-order valence-electron chi connectivity index (χ0n) is 20.8. The van der Waals surface area contributed by atoms with Gasteiger partial charge in [-0.3, -0.25) is 14.8 Å². The Bertz CT molecular complexity index is 1360. The molecule has 4 heterocycles. The number of hydrogen-bond acceptors (Lipinski definition) is 8. The largest absolute Gasteiger partial charge is 0.415 e. The van der Waals surface area contributed by atoms with Crippen LogP contribution in [0.15, 0.2) is 65.5 Å². The van der Waals surface area contributed by atoms with Gasteiger partial charge in [0, 0.05) is 31.7 Å². The fourth-order valence-electron chi connectivity index (χ4n) is 4.60. The van der Waals surface area contributed by atoms with Crippen LogP contribution < -0.4 is 15.1 Å². The average Bonchev–Trinajstić information content (AvgIpc) is 3.48. The van der Waals surface area contributed by atoms with Crippen molar-refractivity contribution in [2.45, 2.75) is 31.9 Å². The highest BCUT2D eigenvalue weighted by Gasteiger charge is 2.23. The standard InChI is InChI=1S/C27H27F2N7O2/c1-35(22-8-12-31-13-9-22)24-14-19(18-6-10-30-11-7-18)3-5-23(24)36(17-37)16-21-4-2-20(15-32-21)26-33-34-27(38-26)25(28)29/h2-7,10-11,14-15,17,22,25,31H,8-9,12-13,16H2,1H3. The third kappa shape index (κ3) is 5.52. The summed E-state index contributed by atoms with van der Waals surface area (Å²) in [4.78, 5) is 24.7. The molecule has 0 bridgehead atoms. The number of alkyl halides is 2. The first-order chi connectivity index (χ1) is 18.5. The van der Waals surface area contributed by atoms with Crippen LogP contribution in [0.2, 0.25) is 0 Å². The summed E-state index contributed by atoms with van der Waals surface area (Å²) in [6.07, 6.45) is 4.95. The van der Waals surface area contributed by atoms with Gasteiger partial charge in [0.1, 0.15) is 0 Å². The fourth-order valence-corrected chi connectivity index (χ4v) is 4.60. The maximum absolute atomic E-state index is 12.8. The second kappa shape index (κ2) is 11.4. The van der Waals surface area contributed by atoms with Gasteiger partial charge in [0.2, 0.25) is 12.3 Å². The zero-order valence-corrected chi connectivity index (χ0v) is 20.8. The average molecular weight is 520 g/mol. The van der Waals surface area contributed by atoms with Crippen LogP contribution in [0.25, 0.3) is 22.6 Å². The van der Waals surface area contributed by atoms with Crippen LogP contribution in [0, 0.1) is 0 Å². The molecule has 11 heteroatoms. The Balaban J connectivity index is 1.43. The number of rotatable bonds is 9. The van der Waals surface area contributed by atoms with E-state index in [1.54, 1.807) is 29.4 Å². The number of halogens is 2. The number of benzene rings is 1. The maximum Gasteiger partial charge on any atom is 0.314 e. The third-order valence-corrected chi connectivity index (χ3v) is 6.69. The summed E-state index contributed by atoms with van der Waals surface area (Å²) in [6, 6.07) is 13.7. The second-order valence-electron chi connectivity index (χ2n) is 9.05. The first kappa shape index (κ1) is 25.4. The molecule has 1 aromatic carbocycles. The molecule has 3 aromatic heterocycles. The van der Waals surface area contributed by atoms with Crippen LogP contribution in [0.1, 0.15) is 30.9 Å². The summed E-state index contributed by atoms with van der Waals surface area (Å²) < 4.78 is 30.5. The zero-order chi connectivity index (χ0) is 26.5. The highest BCUT2D eigenvalue weighted by molar-refractivity contribution is 5.87. The van der Waals surface area contributed by atoms with Crippen molar-refractivity contribution in [2.75, 3.05) is 29.9 Å². The lowest BCUT2D eigenvalue weighted by molar-refractivity contribution is -0.107. The highest BCUT2D eigenvalue weighted by atomic mass is 19.3. The van der Waals surface area contributed by atoms with Gasteiger partial charge in [0.05, 0.1) is 29.2 Å². The Kier molecular flexibility index (Phi) is 7.64. The minimum absolute atomic E-state index is 0.0378. The number of aromatic nitrogens is 4. The topological polar surface area (TPSA) is 100 Å². The van der Waals surface area contributed by atoms with Crippen LogP contribution in [-0.4, -0.2) is 52.8 Å². The molecular weight excluding hydrogens is 492 g/mol. The monoisotopic (exact) mass is 519 g/mol. The van der Waals surface area contributed by atoms with E-state index in [4.69, 9.17) is 4.42 Å². The fraction of sp³-hybridized carbons (Fsp3) is 0.296. The van der Waals surface area contributed by atoms with Crippen molar-refractivity contribution in [1.29, 1.82) is 0 Å². The smallest absolute Gasteiger partial charge is 0.314 e. The van der Waals surface area contributed by atoms with E-state index in [9.17, 15) is 13.6 Å². The molecule has 1 saturated heterocycles. The summed E-state index contributed by atoms with van der Waals surface area (Å²) in [5, 5.41) is 10.4. The molecule has 9 nitrogen and oxygen atoms in total. The molecule has 1 amide bonds. The molecule has 0 aliphatic carbocycles. The van der Waals surface area contributed by atoms with E-state index in [1.807, 2.05) is 24.3 Å². The van der Waals surface area contributed by atoms with Gasteiger partial charge >= 0.3 is 6.43 Å². The quantitative estimate of drug-likeness (QED) is 0.323. The Labute approximate surface area is 218 Å². The summed E-state index contributed by atoms with van der Waals surface area (Å²) >= 11 is 0. The molecule has 0 saturated carbocycles. The summed E-state index contributed by atoms with van der Waals surface area (Å²) in [6.45, 7) is 2.11. The van der Waals surface area contributed by atoms with E-state index < -0.39 is 12.3 Å². The van der Waals surface area contributed by atoms with Crippen molar-refractivity contribution in [3.05, 3.63) is 72.6 Å². The van der Waals surface area contributed by atoms with Crippen LogP contribution in [0.5, 0.6) is 0 Å². The lowest BCUT2D eigenvalue weighted by Gasteiger charge is -2.36. The molecule has 1 aliphatic rings. The third-order valence-electron chi connectivity index (χ3n) is 6.69. The van der Waals surface area contributed by atoms with Gasteiger partial charge in [-0.25, -0.2) is 0 Å². The Morgan fingerprint density at radius 1 is 1.03 bits per heavy atom. The van der Waals surface area contributed by atoms with Gasteiger partial charge < -0.3 is 19.5 Å². The van der Waals surface area contributed by atoms with Crippen LogP contribution in [-0.2, 0) is 11.3 Å². The maximum atomic E-state index is 12.8. The van der Waals surface area contributed by atoms with Gasteiger partial charge in [-0.15, -0.1) is 10.2 Å². The van der Waals surface area contributed by atoms with E-state index in [2.05, 4.69) is 43.5 Å². The van der Waals surface area contributed by atoms with E-state index in [0.717, 1.165) is 54.8 Å². The molecule has 1 fully saturated rings. The Morgan fingerprint density at radius 3 is 2.45 bits per heavy atom. The number of hydrogen-bond donors (Lipinski definition) is 1. The van der Waals surface area contributed by atoms with Crippen molar-refractivity contribution in [2.24, 2.45) is 0 Å². The van der Waals surface area contributed by atoms with Crippen LogP contribution in [0.4, 0.5) is 20.2 Å². The van der Waals surface area contributed by atoms with E-state index in [0.29, 0.717) is 17.3 Å². The molecule has 38 heavy (non-hydrogen) atoms. The van der Waals surface area contributed by atoms with Gasteiger partial charge in [-0.1, -0.05) is 6.07 Å². The Hall–Kier alpha value is -4.25. The summed E-state index contributed by atoms with van der Waals surface area (Å²) in [7, 11) is 2.07. The summed E-state index contributed by atoms with van der Waals surface area (Å²) in [5.41, 5.74) is 4.81. The van der Waals surface area contributed by atoms with Crippen LogP contribution >= 0.6 is 0 Å². The molecular formula is C27H27F2N7O2. The molecule has 1 aliphatic heterocycles. The van der Waals surface area contributed by atoms with E-state index in [1.165, 1.54) is 6.20 Å². The lowest BCUT2D eigenvalue weighted by atomic mass is 10.0. The molecule has 0 spiro atoms. The predicted octanol–water partition coefficient (Wildman–Crippen LogP) is 4.48. The number of nitrogens with zero attached hydrogens (tertiary/aromatic N) is 6. The molecule has 1 N–H and O–H groups in total. The first-order valence-corrected chi connectivity index (χ1v) is 12.3. The SMILES string of the molecule is CN(c1cc(-c2ccncc2)ccc1N(C=O)Cc1ccc(-c2nnc(C(F)F)o2)cn1)C1CCNCC1. The minimum atomic E-state index is -2.84. The van der Waals surface area contributed by atoms with Crippen molar-refractivity contribution < 1.29 is 18.0 Å². The lowest BCUT2D eigenvalue weighted by Crippen LogP contribution is -2.41. The number of piperidine rings is 1. The summed E-state index contributed by atoms with van der Waals surface area (Å²) in [5.74, 6) is -0.777. The highest BCUT2D eigenvalue weighted by Crippen LogP contribution is 2.36. The van der Waals surface area contributed by atoms with Gasteiger partial charge in [0.25, 0.3) is 5.89 Å². The van der Waals surface area contributed by atoms with Gasteiger partial charge in [-0.2, -0.15) is 8.78 Å². The number of pyridine rings is 2. The molecule has 0 atom stereocenters. The normalized spacial score (nSPS) is 14.0. The van der Waals surface area contributed by atoms with E-state index in [-0.39, 0.29) is 12.4 Å². The number of nitrogens with one attached hydrogen (secondary N) is 1. The van der Waals surface area contributed by atoms with Crippen molar-refractivity contribution in [3.63, 3.8) is 0 Å². The molecule has 0 unspecified atom stereocenters. The van der Waals surface area contributed by atoms with Crippen LogP contribution in [0.3, 0.4) is 0 Å². The Morgan fingerprint density at radius 2 is 1.79 bits per heavy atom. The number of anilines is 2. The van der Waals surface area contributed by atoms with Gasteiger partial charge in [0.15, 0.2) is 0 Å². The first-order valence-electron chi connectivity index (χ1n) is 12.3. The van der Waals surface area contributed by atoms with E-state index >= 15 is 0 Å². The molecule has 196 valence electrons. The second-order valence-corrected chi connectivity index (χ2v) is 9.05.